The van der Waals surface area contributed by atoms with E-state index < -0.39 is 0 Å². The molecule has 0 atom stereocenters. The lowest BCUT2D eigenvalue weighted by molar-refractivity contribution is 0.446. The zero-order chi connectivity index (χ0) is 11.4. The molecule has 0 unspecified atom stereocenters. The second kappa shape index (κ2) is 5.28. The first kappa shape index (κ1) is 12.1. The van der Waals surface area contributed by atoms with Crippen molar-refractivity contribution in [1.29, 1.82) is 0 Å². The van der Waals surface area contributed by atoms with Crippen LogP contribution in [0.5, 0.6) is 0 Å². The molecule has 1 aromatic heterocycles. The second-order valence-electron chi connectivity index (χ2n) is 4.71. The molecule has 0 aromatic carbocycles. The molecule has 1 heterocycles. The fraction of sp³-hybridized carbons (Fsp3) is 0.692. The van der Waals surface area contributed by atoms with Crippen LogP contribution in [0.1, 0.15) is 37.2 Å². The number of aryl methyl sites for hydroxylation is 1. The maximum atomic E-state index is 5.55. The molecule has 90 valence electrons. The fourth-order valence-electron chi connectivity index (χ4n) is 2.47. The minimum absolute atomic E-state index is 0.488. The highest BCUT2D eigenvalue weighted by Gasteiger charge is 2.32. The van der Waals surface area contributed by atoms with Crippen LogP contribution in [0, 0.1) is 6.92 Å². The normalized spacial score (nSPS) is 19.1. The minimum atomic E-state index is 0.488. The van der Waals surface area contributed by atoms with Gasteiger partial charge in [-0.2, -0.15) is 11.8 Å². The van der Waals surface area contributed by atoms with Gasteiger partial charge in [0.05, 0.1) is 6.54 Å². The summed E-state index contributed by atoms with van der Waals surface area (Å²) in [5.41, 5.74) is 0. The summed E-state index contributed by atoms with van der Waals surface area (Å²) in [5, 5.41) is 3.53. The molecule has 1 aliphatic carbocycles. The van der Waals surface area contributed by atoms with E-state index in [0.29, 0.717) is 4.75 Å². The monoisotopic (exact) mass is 239 g/mol. The molecular weight excluding hydrogens is 218 g/mol. The molecule has 0 saturated heterocycles. The van der Waals surface area contributed by atoms with Crippen molar-refractivity contribution in [3.05, 3.63) is 23.7 Å². The summed E-state index contributed by atoms with van der Waals surface area (Å²) in [6.07, 6.45) is 7.74. The molecule has 1 fully saturated rings. The number of hydrogen-bond acceptors (Lipinski definition) is 3. The fourth-order valence-corrected chi connectivity index (χ4v) is 3.41. The van der Waals surface area contributed by atoms with Crippen molar-refractivity contribution >= 4 is 11.8 Å². The lowest BCUT2D eigenvalue weighted by atomic mass is 10.1. The lowest BCUT2D eigenvalue weighted by Crippen LogP contribution is -2.34. The first-order valence-corrected chi connectivity index (χ1v) is 7.28. The van der Waals surface area contributed by atoms with Crippen molar-refractivity contribution < 1.29 is 4.42 Å². The molecule has 0 amide bonds. The van der Waals surface area contributed by atoms with E-state index in [0.717, 1.165) is 24.6 Å². The highest BCUT2D eigenvalue weighted by Crippen LogP contribution is 2.39. The molecule has 1 saturated carbocycles. The smallest absolute Gasteiger partial charge is 0.117 e. The van der Waals surface area contributed by atoms with Crippen molar-refractivity contribution in [2.75, 3.05) is 12.8 Å². The third-order valence-electron chi connectivity index (χ3n) is 3.49. The largest absolute Gasteiger partial charge is 0.465 e. The third-order valence-corrected chi connectivity index (χ3v) is 4.91. The van der Waals surface area contributed by atoms with Gasteiger partial charge in [0, 0.05) is 11.3 Å². The molecule has 0 spiro atoms. The van der Waals surface area contributed by atoms with Crippen LogP contribution in [0.4, 0.5) is 0 Å². The molecule has 1 aliphatic rings. The summed E-state index contributed by atoms with van der Waals surface area (Å²) in [6, 6.07) is 4.08. The predicted octanol–water partition coefficient (Wildman–Crippen LogP) is 3.35. The number of rotatable bonds is 5. The second-order valence-corrected chi connectivity index (χ2v) is 5.98. The Kier molecular flexibility index (Phi) is 3.98. The van der Waals surface area contributed by atoms with Gasteiger partial charge in [-0.05, 0) is 38.2 Å². The van der Waals surface area contributed by atoms with E-state index in [9.17, 15) is 0 Å². The quantitative estimate of drug-likeness (QED) is 0.853. The van der Waals surface area contributed by atoms with E-state index in [2.05, 4.69) is 17.6 Å². The topological polar surface area (TPSA) is 25.2 Å². The average Bonchev–Trinajstić information content (AvgIpc) is 2.89. The maximum Gasteiger partial charge on any atom is 0.117 e. The maximum absolute atomic E-state index is 5.55. The van der Waals surface area contributed by atoms with Gasteiger partial charge >= 0.3 is 0 Å². The molecular formula is C13H21NOS. The summed E-state index contributed by atoms with van der Waals surface area (Å²) < 4.78 is 6.03. The predicted molar refractivity (Wildman–Crippen MR) is 69.9 cm³/mol. The molecule has 1 aromatic rings. The summed E-state index contributed by atoms with van der Waals surface area (Å²) in [4.78, 5) is 0. The summed E-state index contributed by atoms with van der Waals surface area (Å²) in [6.45, 7) is 3.95. The number of nitrogens with one attached hydrogen (secondary N) is 1. The van der Waals surface area contributed by atoms with Gasteiger partial charge < -0.3 is 9.73 Å². The first-order chi connectivity index (χ1) is 7.74. The van der Waals surface area contributed by atoms with Crippen LogP contribution in [-0.2, 0) is 6.54 Å². The van der Waals surface area contributed by atoms with Crippen LogP contribution in [0.15, 0.2) is 16.5 Å². The minimum Gasteiger partial charge on any atom is -0.465 e. The van der Waals surface area contributed by atoms with E-state index in [1.807, 2.05) is 24.8 Å². The van der Waals surface area contributed by atoms with Crippen LogP contribution in [0.3, 0.4) is 0 Å². The zero-order valence-corrected chi connectivity index (χ0v) is 11.0. The average molecular weight is 239 g/mol. The van der Waals surface area contributed by atoms with E-state index in [4.69, 9.17) is 4.42 Å². The molecule has 0 radical (unpaired) electrons. The summed E-state index contributed by atoms with van der Waals surface area (Å²) in [7, 11) is 0. The Labute approximate surface area is 102 Å². The van der Waals surface area contributed by atoms with Crippen LogP contribution >= 0.6 is 11.8 Å². The lowest BCUT2D eigenvalue weighted by Gasteiger charge is -2.26. The first-order valence-electron chi connectivity index (χ1n) is 6.05. The van der Waals surface area contributed by atoms with E-state index in [-0.39, 0.29) is 0 Å². The van der Waals surface area contributed by atoms with Crippen LogP contribution < -0.4 is 5.32 Å². The highest BCUT2D eigenvalue weighted by molar-refractivity contribution is 8.00. The molecule has 3 heteroatoms. The molecule has 2 nitrogen and oxygen atoms in total. The van der Waals surface area contributed by atoms with Crippen LogP contribution in [0.25, 0.3) is 0 Å². The number of hydrogen-bond donors (Lipinski definition) is 1. The Hall–Kier alpha value is -0.410. The number of furan rings is 1. The van der Waals surface area contributed by atoms with Crippen molar-refractivity contribution in [3.8, 4) is 0 Å². The van der Waals surface area contributed by atoms with Gasteiger partial charge in [-0.15, -0.1) is 0 Å². The Balaban J connectivity index is 1.78. The zero-order valence-electron chi connectivity index (χ0n) is 10.2. The van der Waals surface area contributed by atoms with Crippen molar-refractivity contribution in [2.45, 2.75) is 43.9 Å². The van der Waals surface area contributed by atoms with Crippen molar-refractivity contribution in [3.63, 3.8) is 0 Å². The van der Waals surface area contributed by atoms with Crippen molar-refractivity contribution in [2.24, 2.45) is 0 Å². The van der Waals surface area contributed by atoms with Crippen molar-refractivity contribution in [1.82, 2.24) is 5.32 Å². The van der Waals surface area contributed by atoms with Gasteiger partial charge in [-0.3, -0.25) is 0 Å². The van der Waals surface area contributed by atoms with Gasteiger partial charge in [-0.25, -0.2) is 0 Å². The molecule has 1 N–H and O–H groups in total. The Morgan fingerprint density at radius 3 is 2.69 bits per heavy atom. The van der Waals surface area contributed by atoms with Gasteiger partial charge in [-0.1, -0.05) is 12.8 Å². The number of thioether (sulfide) groups is 1. The van der Waals surface area contributed by atoms with Crippen LogP contribution in [-0.4, -0.2) is 17.5 Å². The van der Waals surface area contributed by atoms with E-state index >= 15 is 0 Å². The third kappa shape index (κ3) is 2.83. The Morgan fingerprint density at radius 1 is 1.38 bits per heavy atom. The molecule has 2 rings (SSSR count). The SMILES string of the molecule is CSC1(CNCc2ccc(C)o2)CCCC1. The Morgan fingerprint density at radius 2 is 2.12 bits per heavy atom. The van der Waals surface area contributed by atoms with E-state index in [1.165, 1.54) is 25.7 Å². The van der Waals surface area contributed by atoms with Gasteiger partial charge in [0.1, 0.15) is 11.5 Å². The Bertz CT molecular complexity index is 328. The van der Waals surface area contributed by atoms with Gasteiger partial charge in [0.2, 0.25) is 0 Å². The van der Waals surface area contributed by atoms with Gasteiger partial charge in [0.15, 0.2) is 0 Å². The molecule has 0 bridgehead atoms. The highest BCUT2D eigenvalue weighted by atomic mass is 32.2. The molecule has 0 aliphatic heterocycles. The van der Waals surface area contributed by atoms with Crippen LogP contribution in [0.2, 0.25) is 0 Å². The van der Waals surface area contributed by atoms with Gasteiger partial charge in [0.25, 0.3) is 0 Å². The standard InChI is InChI=1S/C13H21NOS/c1-11-5-6-12(15-11)9-14-10-13(16-2)7-3-4-8-13/h5-6,14H,3-4,7-10H2,1-2H3. The molecule has 16 heavy (non-hydrogen) atoms. The summed E-state index contributed by atoms with van der Waals surface area (Å²) in [5.74, 6) is 2.05. The van der Waals surface area contributed by atoms with E-state index in [1.54, 1.807) is 0 Å². The summed E-state index contributed by atoms with van der Waals surface area (Å²) >= 11 is 2.03.